The Kier molecular flexibility index (Phi) is 4.41. The van der Waals surface area contributed by atoms with Crippen molar-refractivity contribution in [3.63, 3.8) is 0 Å². The van der Waals surface area contributed by atoms with Gasteiger partial charge in [0.05, 0.1) is 13.0 Å². The minimum Gasteiger partial charge on any atom is -0.294 e. The van der Waals surface area contributed by atoms with E-state index in [2.05, 4.69) is 5.11 Å². The van der Waals surface area contributed by atoms with Crippen LogP contribution in [0.3, 0.4) is 0 Å². The number of carbonyl (C=O) groups excluding carboxylic acids is 1. The Morgan fingerprint density at radius 3 is 2.50 bits per heavy atom. The van der Waals surface area contributed by atoms with Crippen molar-refractivity contribution in [2.24, 2.45) is 5.11 Å². The van der Waals surface area contributed by atoms with Gasteiger partial charge in [-0.3, -0.25) is 10.2 Å². The Hall–Kier alpha value is -1.95. The molecule has 3 N–H and O–H groups in total. The van der Waals surface area contributed by atoms with Crippen LogP contribution in [0.15, 0.2) is 29.4 Å². The summed E-state index contributed by atoms with van der Waals surface area (Å²) in [5.74, 6) is -0.555. The van der Waals surface area contributed by atoms with E-state index in [9.17, 15) is 9.28 Å². The van der Waals surface area contributed by atoms with E-state index in [0.29, 0.717) is 5.56 Å². The molecule has 0 saturated carbocycles. The van der Waals surface area contributed by atoms with E-state index in [1.54, 1.807) is 24.3 Å². The molecule has 0 amide bonds. The Balaban J connectivity index is 2.70. The Morgan fingerprint density at radius 1 is 1.38 bits per heavy atom. The van der Waals surface area contributed by atoms with Crippen LogP contribution in [0.1, 0.15) is 22.3 Å². The summed E-state index contributed by atoms with van der Waals surface area (Å²) in [6.45, 7) is 0.0896. The van der Waals surface area contributed by atoms with Gasteiger partial charge in [0.25, 0.3) is 0 Å². The molecule has 0 spiro atoms. The molecule has 0 bridgehead atoms. The van der Waals surface area contributed by atoms with Crippen molar-refractivity contribution in [1.29, 1.82) is 10.9 Å². The fourth-order valence-electron chi connectivity index (χ4n) is 1.18. The summed E-state index contributed by atoms with van der Waals surface area (Å²) in [5, 5.41) is 9.94. The molecule has 1 aromatic rings. The van der Waals surface area contributed by atoms with E-state index < -0.39 is 0 Å². The van der Waals surface area contributed by atoms with Gasteiger partial charge in [-0.1, -0.05) is 24.3 Å². The summed E-state index contributed by atoms with van der Waals surface area (Å²) < 4.78 is 11.8. The molecule has 0 aliphatic carbocycles. The molecule has 1 aromatic carbocycles. The molecule has 0 unspecified atom stereocenters. The SMILES string of the molecule is N=NC(=N)CC(=O)c1ccc(CNF)cc1. The van der Waals surface area contributed by atoms with Crippen LogP contribution >= 0.6 is 0 Å². The quantitative estimate of drug-likeness (QED) is 0.234. The number of carbonyl (C=O) groups is 1. The van der Waals surface area contributed by atoms with Gasteiger partial charge in [0, 0.05) is 5.56 Å². The number of hydrogen-bond donors (Lipinski definition) is 3. The Morgan fingerprint density at radius 2 is 2.00 bits per heavy atom. The minimum absolute atomic E-state index is 0.0896. The van der Waals surface area contributed by atoms with Crippen molar-refractivity contribution in [2.45, 2.75) is 13.0 Å². The number of ketones is 1. The first kappa shape index (κ1) is 12.1. The molecular formula is C10H11FN4O. The monoisotopic (exact) mass is 222 g/mol. The van der Waals surface area contributed by atoms with Crippen molar-refractivity contribution in [1.82, 2.24) is 5.54 Å². The summed E-state index contributed by atoms with van der Waals surface area (Å²) >= 11 is 0. The molecule has 0 radical (unpaired) electrons. The normalized spacial score (nSPS) is 9.81. The molecule has 84 valence electrons. The van der Waals surface area contributed by atoms with E-state index in [0.717, 1.165) is 5.56 Å². The summed E-state index contributed by atoms with van der Waals surface area (Å²) in [7, 11) is 0. The molecule has 0 aliphatic heterocycles. The predicted molar refractivity (Wildman–Crippen MR) is 56.2 cm³/mol. The third-order valence-corrected chi connectivity index (χ3v) is 2.01. The van der Waals surface area contributed by atoms with Gasteiger partial charge in [0.2, 0.25) is 0 Å². The van der Waals surface area contributed by atoms with Crippen molar-refractivity contribution in [2.75, 3.05) is 0 Å². The van der Waals surface area contributed by atoms with Gasteiger partial charge in [-0.15, -0.1) is 9.60 Å². The molecule has 0 fully saturated rings. The van der Waals surface area contributed by atoms with Crippen LogP contribution in [0.25, 0.3) is 0 Å². The molecule has 6 heteroatoms. The number of Topliss-reactive ketones (excluding diaryl/α,β-unsaturated/α-hetero) is 1. The zero-order chi connectivity index (χ0) is 12.0. The van der Waals surface area contributed by atoms with Gasteiger partial charge < -0.3 is 0 Å². The van der Waals surface area contributed by atoms with Gasteiger partial charge in [-0.2, -0.15) is 5.54 Å². The van der Waals surface area contributed by atoms with E-state index >= 15 is 0 Å². The third-order valence-electron chi connectivity index (χ3n) is 2.01. The first-order chi connectivity index (χ1) is 7.67. The van der Waals surface area contributed by atoms with E-state index in [1.807, 2.05) is 0 Å². The molecule has 0 heterocycles. The number of hydrogen-bond acceptors (Lipinski definition) is 4. The summed E-state index contributed by atoms with van der Waals surface area (Å²) in [4.78, 5) is 11.5. The van der Waals surface area contributed by atoms with Crippen LogP contribution in [0, 0.1) is 10.9 Å². The molecule has 0 aliphatic rings. The second-order valence-corrected chi connectivity index (χ2v) is 3.17. The maximum absolute atomic E-state index is 11.8. The predicted octanol–water partition coefficient (Wildman–Crippen LogP) is 2.24. The van der Waals surface area contributed by atoms with Gasteiger partial charge in [0.15, 0.2) is 11.6 Å². The summed E-state index contributed by atoms with van der Waals surface area (Å²) in [6, 6.07) is 6.38. The Labute approximate surface area is 91.6 Å². The van der Waals surface area contributed by atoms with Crippen molar-refractivity contribution >= 4 is 11.6 Å². The van der Waals surface area contributed by atoms with Crippen LogP contribution < -0.4 is 5.54 Å². The topological polar surface area (TPSA) is 89.2 Å². The number of nitrogens with zero attached hydrogens (tertiary/aromatic N) is 1. The fourth-order valence-corrected chi connectivity index (χ4v) is 1.18. The second-order valence-electron chi connectivity index (χ2n) is 3.17. The smallest absolute Gasteiger partial charge is 0.170 e. The lowest BCUT2D eigenvalue weighted by atomic mass is 10.1. The number of nitrogens with one attached hydrogen (secondary N) is 3. The van der Waals surface area contributed by atoms with Crippen LogP contribution in [0.2, 0.25) is 0 Å². The zero-order valence-electron chi connectivity index (χ0n) is 8.46. The number of benzene rings is 1. The maximum atomic E-state index is 11.8. The van der Waals surface area contributed by atoms with Crippen molar-refractivity contribution in [3.05, 3.63) is 35.4 Å². The molecule has 0 saturated heterocycles. The number of halogens is 1. The fraction of sp³-hybridized carbons (Fsp3) is 0.200. The highest BCUT2D eigenvalue weighted by Gasteiger charge is 2.08. The molecule has 5 nitrogen and oxygen atoms in total. The third kappa shape index (κ3) is 3.32. The van der Waals surface area contributed by atoms with Gasteiger partial charge in [-0.05, 0) is 5.56 Å². The number of rotatable bonds is 5. The minimum atomic E-state index is -0.278. The highest BCUT2D eigenvalue weighted by molar-refractivity contribution is 6.08. The van der Waals surface area contributed by atoms with Gasteiger partial charge in [-0.25, -0.2) is 5.53 Å². The first-order valence-electron chi connectivity index (χ1n) is 4.58. The largest absolute Gasteiger partial charge is 0.294 e. The van der Waals surface area contributed by atoms with Crippen LogP contribution in [0.5, 0.6) is 0 Å². The lowest BCUT2D eigenvalue weighted by Crippen LogP contribution is -2.06. The van der Waals surface area contributed by atoms with Crippen LogP contribution in [-0.4, -0.2) is 11.6 Å². The first-order valence-corrected chi connectivity index (χ1v) is 4.58. The van der Waals surface area contributed by atoms with E-state index in [1.165, 1.54) is 5.54 Å². The molecule has 1 rings (SSSR count). The van der Waals surface area contributed by atoms with Crippen LogP contribution in [0.4, 0.5) is 4.48 Å². The van der Waals surface area contributed by atoms with E-state index in [4.69, 9.17) is 10.9 Å². The number of amidine groups is 1. The zero-order valence-corrected chi connectivity index (χ0v) is 8.46. The maximum Gasteiger partial charge on any atom is 0.170 e. The average molecular weight is 222 g/mol. The summed E-state index contributed by atoms with van der Waals surface area (Å²) in [5.41, 5.74) is 9.22. The second kappa shape index (κ2) is 5.82. The highest BCUT2D eigenvalue weighted by atomic mass is 19.2. The van der Waals surface area contributed by atoms with E-state index in [-0.39, 0.29) is 24.6 Å². The Bertz CT molecular complexity index is 402. The highest BCUT2D eigenvalue weighted by Crippen LogP contribution is 2.07. The van der Waals surface area contributed by atoms with Gasteiger partial charge in [0.1, 0.15) is 0 Å². The van der Waals surface area contributed by atoms with Crippen molar-refractivity contribution in [3.8, 4) is 0 Å². The van der Waals surface area contributed by atoms with Gasteiger partial charge >= 0.3 is 0 Å². The van der Waals surface area contributed by atoms with Crippen molar-refractivity contribution < 1.29 is 9.28 Å². The molecule has 0 aromatic heterocycles. The lowest BCUT2D eigenvalue weighted by molar-refractivity contribution is 0.1000. The molecule has 0 atom stereocenters. The summed E-state index contributed by atoms with van der Waals surface area (Å²) in [6.07, 6.45) is -0.190. The average Bonchev–Trinajstić information content (AvgIpc) is 2.30. The molecule has 16 heavy (non-hydrogen) atoms. The lowest BCUT2D eigenvalue weighted by Gasteiger charge is -2.01. The van der Waals surface area contributed by atoms with Crippen LogP contribution in [-0.2, 0) is 6.54 Å². The standard InChI is InChI=1S/C10H11FN4O/c11-14-6-7-1-3-8(4-2-7)9(16)5-10(12)15-13/h1-4,12-14H,5-6H2. The molecular weight excluding hydrogens is 211 g/mol.